The summed E-state index contributed by atoms with van der Waals surface area (Å²) in [5, 5.41) is 10.5. The van der Waals surface area contributed by atoms with E-state index in [4.69, 9.17) is 4.74 Å². The molecule has 1 fully saturated rings. The maximum atomic E-state index is 12.7. The Morgan fingerprint density at radius 1 is 1.33 bits per heavy atom. The van der Waals surface area contributed by atoms with Crippen molar-refractivity contribution in [2.24, 2.45) is 0 Å². The van der Waals surface area contributed by atoms with Crippen molar-refractivity contribution in [2.45, 2.75) is 38.8 Å². The summed E-state index contributed by atoms with van der Waals surface area (Å²) in [7, 11) is 0. The number of nitrogens with one attached hydrogen (secondary N) is 2. The summed E-state index contributed by atoms with van der Waals surface area (Å²) in [6.45, 7) is 5.82. The van der Waals surface area contributed by atoms with Gasteiger partial charge in [0.25, 0.3) is 0 Å². The molecule has 0 radical (unpaired) electrons. The normalized spacial score (nSPS) is 19.4. The van der Waals surface area contributed by atoms with Crippen molar-refractivity contribution in [3.05, 3.63) is 30.1 Å². The second kappa shape index (κ2) is 7.91. The van der Waals surface area contributed by atoms with Gasteiger partial charge < -0.3 is 20.3 Å². The van der Waals surface area contributed by atoms with Crippen LogP contribution in [0.1, 0.15) is 37.5 Å². The Kier molecular flexibility index (Phi) is 5.19. The quantitative estimate of drug-likeness (QED) is 0.850. The second-order valence-electron chi connectivity index (χ2n) is 6.75. The predicted molar refractivity (Wildman–Crippen MR) is 101 cm³/mol. The highest BCUT2D eigenvalue weighted by atomic mass is 16.5. The number of anilines is 2. The van der Waals surface area contributed by atoms with Gasteiger partial charge in [0.05, 0.1) is 36.8 Å². The molecule has 2 amide bonds. The average molecular weight is 371 g/mol. The van der Waals surface area contributed by atoms with E-state index in [1.54, 1.807) is 12.4 Å². The number of ether oxygens (including phenoxy) is 1. The molecule has 4 rings (SSSR count). The van der Waals surface area contributed by atoms with E-state index in [1.807, 2.05) is 17.7 Å². The SMILES string of the molecule is CCc1nc2n(n1)CCC[C@@H]2NC(=O)Nc1ccncc1N1CCOCC1. The first kappa shape index (κ1) is 17.7. The Morgan fingerprint density at radius 2 is 2.19 bits per heavy atom. The van der Waals surface area contributed by atoms with Gasteiger partial charge in [-0.3, -0.25) is 4.98 Å². The van der Waals surface area contributed by atoms with Gasteiger partial charge in [0.15, 0.2) is 5.82 Å². The molecule has 1 saturated heterocycles. The minimum absolute atomic E-state index is 0.125. The minimum Gasteiger partial charge on any atom is -0.378 e. The number of morpholine rings is 1. The van der Waals surface area contributed by atoms with Crippen LogP contribution in [0.3, 0.4) is 0 Å². The highest BCUT2D eigenvalue weighted by molar-refractivity contribution is 5.93. The average Bonchev–Trinajstić information content (AvgIpc) is 3.14. The van der Waals surface area contributed by atoms with Crippen LogP contribution in [0.15, 0.2) is 18.5 Å². The topological polar surface area (TPSA) is 97.2 Å². The van der Waals surface area contributed by atoms with Crippen LogP contribution in [0, 0.1) is 0 Å². The summed E-state index contributed by atoms with van der Waals surface area (Å²) in [5.74, 6) is 1.67. The van der Waals surface area contributed by atoms with E-state index in [1.165, 1.54) is 0 Å². The number of nitrogens with zero attached hydrogens (tertiary/aromatic N) is 5. The molecule has 0 unspecified atom stereocenters. The summed E-state index contributed by atoms with van der Waals surface area (Å²) in [5.41, 5.74) is 1.66. The van der Waals surface area contributed by atoms with Crippen LogP contribution >= 0.6 is 0 Å². The largest absolute Gasteiger partial charge is 0.378 e. The molecule has 0 aromatic carbocycles. The van der Waals surface area contributed by atoms with E-state index in [2.05, 4.69) is 30.6 Å². The zero-order valence-electron chi connectivity index (χ0n) is 15.5. The molecule has 1 atom stereocenters. The smallest absolute Gasteiger partial charge is 0.319 e. The molecule has 0 aliphatic carbocycles. The Labute approximate surface area is 158 Å². The first-order valence-corrected chi connectivity index (χ1v) is 9.52. The molecular weight excluding hydrogens is 346 g/mol. The minimum atomic E-state index is -0.241. The number of urea groups is 1. The number of hydrogen-bond donors (Lipinski definition) is 2. The number of aryl methyl sites for hydroxylation is 2. The summed E-state index contributed by atoms with van der Waals surface area (Å²) >= 11 is 0. The van der Waals surface area contributed by atoms with Gasteiger partial charge in [0.2, 0.25) is 0 Å². The van der Waals surface area contributed by atoms with E-state index in [0.29, 0.717) is 13.2 Å². The summed E-state index contributed by atoms with van der Waals surface area (Å²) in [4.78, 5) is 23.6. The molecule has 2 N–H and O–H groups in total. The van der Waals surface area contributed by atoms with Crippen molar-refractivity contribution < 1.29 is 9.53 Å². The second-order valence-corrected chi connectivity index (χ2v) is 6.75. The van der Waals surface area contributed by atoms with Gasteiger partial charge in [-0.05, 0) is 18.9 Å². The van der Waals surface area contributed by atoms with Crippen LogP contribution in [-0.2, 0) is 17.7 Å². The molecular formula is C18H25N7O2. The molecule has 0 saturated carbocycles. The standard InChI is InChI=1S/C18H25N7O2/c1-2-16-22-17-14(4-3-7-25(17)23-16)21-18(26)20-13-5-6-19-12-15(13)24-8-10-27-11-9-24/h5-6,12,14H,2-4,7-11H2,1H3,(H2,19,20,21,26)/t14-/m0/s1. The number of carbonyl (C=O) groups is 1. The van der Waals surface area contributed by atoms with Crippen LogP contribution in [0.5, 0.6) is 0 Å². The number of hydrogen-bond acceptors (Lipinski definition) is 6. The number of amides is 2. The van der Waals surface area contributed by atoms with Gasteiger partial charge >= 0.3 is 6.03 Å². The number of fused-ring (bicyclic) bond motifs is 1. The van der Waals surface area contributed by atoms with E-state index in [-0.39, 0.29) is 12.1 Å². The van der Waals surface area contributed by atoms with E-state index in [0.717, 1.165) is 61.9 Å². The summed E-state index contributed by atoms with van der Waals surface area (Å²) in [6.07, 6.45) is 6.09. The molecule has 2 aromatic rings. The van der Waals surface area contributed by atoms with Crippen LogP contribution in [0.4, 0.5) is 16.2 Å². The van der Waals surface area contributed by atoms with Crippen molar-refractivity contribution in [2.75, 3.05) is 36.5 Å². The van der Waals surface area contributed by atoms with Crippen LogP contribution in [0.25, 0.3) is 0 Å². The molecule has 9 heteroatoms. The van der Waals surface area contributed by atoms with Gasteiger partial charge in [0, 0.05) is 32.3 Å². The molecule has 0 spiro atoms. The van der Waals surface area contributed by atoms with Gasteiger partial charge in [-0.15, -0.1) is 0 Å². The molecule has 2 aromatic heterocycles. The van der Waals surface area contributed by atoms with Crippen molar-refractivity contribution in [1.82, 2.24) is 25.1 Å². The van der Waals surface area contributed by atoms with Crippen molar-refractivity contribution in [3.63, 3.8) is 0 Å². The lowest BCUT2D eigenvalue weighted by molar-refractivity contribution is 0.122. The zero-order chi connectivity index (χ0) is 18.6. The van der Waals surface area contributed by atoms with Crippen LogP contribution in [0.2, 0.25) is 0 Å². The number of carbonyl (C=O) groups excluding carboxylic acids is 1. The van der Waals surface area contributed by atoms with E-state index >= 15 is 0 Å². The predicted octanol–water partition coefficient (Wildman–Crippen LogP) is 1.73. The molecule has 0 bridgehead atoms. The molecule has 2 aliphatic heterocycles. The summed E-state index contributed by atoms with van der Waals surface area (Å²) < 4.78 is 7.33. The fourth-order valence-corrected chi connectivity index (χ4v) is 3.55. The molecule has 27 heavy (non-hydrogen) atoms. The van der Waals surface area contributed by atoms with Gasteiger partial charge in [0.1, 0.15) is 5.82 Å². The first-order valence-electron chi connectivity index (χ1n) is 9.52. The Morgan fingerprint density at radius 3 is 3.00 bits per heavy atom. The van der Waals surface area contributed by atoms with Crippen molar-refractivity contribution in [3.8, 4) is 0 Å². The van der Waals surface area contributed by atoms with E-state index < -0.39 is 0 Å². The monoisotopic (exact) mass is 371 g/mol. The third kappa shape index (κ3) is 3.87. The Balaban J connectivity index is 1.46. The van der Waals surface area contributed by atoms with Gasteiger partial charge in [-0.25, -0.2) is 14.5 Å². The molecule has 144 valence electrons. The van der Waals surface area contributed by atoms with Crippen molar-refractivity contribution in [1.29, 1.82) is 0 Å². The third-order valence-corrected chi connectivity index (χ3v) is 4.94. The van der Waals surface area contributed by atoms with E-state index in [9.17, 15) is 4.79 Å². The molecule has 9 nitrogen and oxygen atoms in total. The number of rotatable bonds is 4. The lowest BCUT2D eigenvalue weighted by Crippen LogP contribution is -2.38. The van der Waals surface area contributed by atoms with Crippen molar-refractivity contribution >= 4 is 17.4 Å². The number of pyridine rings is 1. The highest BCUT2D eigenvalue weighted by Crippen LogP contribution is 2.26. The summed E-state index contributed by atoms with van der Waals surface area (Å²) in [6, 6.07) is 1.46. The fourth-order valence-electron chi connectivity index (χ4n) is 3.55. The Bertz CT molecular complexity index is 801. The Hall–Kier alpha value is -2.68. The maximum Gasteiger partial charge on any atom is 0.319 e. The first-order chi connectivity index (χ1) is 13.2. The highest BCUT2D eigenvalue weighted by Gasteiger charge is 2.26. The number of aromatic nitrogens is 4. The van der Waals surface area contributed by atoms with Gasteiger partial charge in [-0.1, -0.05) is 6.92 Å². The molecule has 2 aliphatic rings. The zero-order valence-corrected chi connectivity index (χ0v) is 15.5. The third-order valence-electron chi connectivity index (χ3n) is 4.94. The van der Waals surface area contributed by atoms with Gasteiger partial charge in [-0.2, -0.15) is 5.10 Å². The lowest BCUT2D eigenvalue weighted by Gasteiger charge is -2.30. The molecule has 4 heterocycles. The maximum absolute atomic E-state index is 12.7. The van der Waals surface area contributed by atoms with Crippen LogP contribution in [-0.4, -0.2) is 52.1 Å². The van der Waals surface area contributed by atoms with Crippen LogP contribution < -0.4 is 15.5 Å². The lowest BCUT2D eigenvalue weighted by atomic mass is 10.1. The fraction of sp³-hybridized carbons (Fsp3) is 0.556.